The standard InChI is InChI=1S/C25H27N3O2/c1-17-22(18(2)28(26-17)21-11-6-5-7-12-21)14-15-25(29)27(4)19(3)24-16-20-10-8-9-13-23(20)30-24/h5-13,16,19H,14-15H2,1-4H3/t19-/m1/s1. The number of para-hydroxylation sites is 2. The molecule has 0 spiro atoms. The fourth-order valence-corrected chi connectivity index (χ4v) is 3.88. The van der Waals surface area contributed by atoms with Gasteiger partial charge in [0.15, 0.2) is 0 Å². The van der Waals surface area contributed by atoms with Crippen molar-refractivity contribution in [2.45, 2.75) is 39.7 Å². The van der Waals surface area contributed by atoms with Gasteiger partial charge in [-0.3, -0.25) is 4.79 Å². The van der Waals surface area contributed by atoms with Crippen LogP contribution in [0.2, 0.25) is 0 Å². The predicted octanol–water partition coefficient (Wildman–Crippen LogP) is 5.39. The van der Waals surface area contributed by atoms with Gasteiger partial charge in [-0.2, -0.15) is 5.10 Å². The lowest BCUT2D eigenvalue weighted by molar-refractivity contribution is -0.132. The van der Waals surface area contributed by atoms with E-state index in [0.717, 1.165) is 39.4 Å². The van der Waals surface area contributed by atoms with E-state index in [4.69, 9.17) is 4.42 Å². The third-order valence-corrected chi connectivity index (χ3v) is 5.86. The third kappa shape index (κ3) is 3.75. The Hall–Kier alpha value is -3.34. The van der Waals surface area contributed by atoms with E-state index in [1.165, 1.54) is 0 Å². The quantitative estimate of drug-likeness (QED) is 0.435. The highest BCUT2D eigenvalue weighted by Crippen LogP contribution is 2.27. The highest BCUT2D eigenvalue weighted by molar-refractivity contribution is 5.79. The van der Waals surface area contributed by atoms with Gasteiger partial charge in [-0.15, -0.1) is 0 Å². The zero-order valence-corrected chi connectivity index (χ0v) is 17.9. The van der Waals surface area contributed by atoms with Crippen molar-refractivity contribution < 1.29 is 9.21 Å². The maximum absolute atomic E-state index is 12.9. The molecule has 0 saturated heterocycles. The summed E-state index contributed by atoms with van der Waals surface area (Å²) in [5.74, 6) is 0.894. The Morgan fingerprint density at radius 1 is 1.10 bits per heavy atom. The second-order valence-electron chi connectivity index (χ2n) is 7.76. The molecule has 2 heterocycles. The van der Waals surface area contributed by atoms with Crippen molar-refractivity contribution in [3.8, 4) is 5.69 Å². The molecule has 0 aliphatic heterocycles. The van der Waals surface area contributed by atoms with Crippen molar-refractivity contribution in [2.75, 3.05) is 7.05 Å². The number of carbonyl (C=O) groups excluding carboxylic acids is 1. The Morgan fingerprint density at radius 3 is 2.53 bits per heavy atom. The maximum Gasteiger partial charge on any atom is 0.223 e. The number of carbonyl (C=O) groups is 1. The highest BCUT2D eigenvalue weighted by atomic mass is 16.3. The van der Waals surface area contributed by atoms with Crippen LogP contribution in [0.15, 0.2) is 65.1 Å². The summed E-state index contributed by atoms with van der Waals surface area (Å²) in [6.45, 7) is 6.07. The van der Waals surface area contributed by atoms with E-state index < -0.39 is 0 Å². The molecular formula is C25H27N3O2. The van der Waals surface area contributed by atoms with Gasteiger partial charge < -0.3 is 9.32 Å². The number of hydrogen-bond acceptors (Lipinski definition) is 3. The van der Waals surface area contributed by atoms with Crippen LogP contribution < -0.4 is 0 Å². The van der Waals surface area contributed by atoms with Crippen LogP contribution in [0.1, 0.15) is 42.1 Å². The van der Waals surface area contributed by atoms with E-state index in [1.807, 2.05) is 86.2 Å². The van der Waals surface area contributed by atoms with Gasteiger partial charge in [0.1, 0.15) is 11.3 Å². The van der Waals surface area contributed by atoms with Crippen molar-refractivity contribution in [1.29, 1.82) is 0 Å². The minimum Gasteiger partial charge on any atom is -0.459 e. The lowest BCUT2D eigenvalue weighted by atomic mass is 10.1. The van der Waals surface area contributed by atoms with E-state index in [-0.39, 0.29) is 11.9 Å². The van der Waals surface area contributed by atoms with Gasteiger partial charge in [-0.05, 0) is 57.0 Å². The Labute approximate surface area is 176 Å². The molecule has 0 saturated carbocycles. The first-order chi connectivity index (χ1) is 14.5. The molecule has 0 N–H and O–H groups in total. The van der Waals surface area contributed by atoms with E-state index in [1.54, 1.807) is 4.90 Å². The number of furan rings is 1. The normalized spacial score (nSPS) is 12.3. The summed E-state index contributed by atoms with van der Waals surface area (Å²) in [4.78, 5) is 14.7. The van der Waals surface area contributed by atoms with Crippen molar-refractivity contribution in [3.05, 3.63) is 83.4 Å². The second-order valence-corrected chi connectivity index (χ2v) is 7.76. The summed E-state index contributed by atoms with van der Waals surface area (Å²) in [6, 6.07) is 19.9. The van der Waals surface area contributed by atoms with E-state index in [9.17, 15) is 4.79 Å². The lowest BCUT2D eigenvalue weighted by Crippen LogP contribution is -2.29. The molecule has 0 aliphatic rings. The summed E-state index contributed by atoms with van der Waals surface area (Å²) in [6.07, 6.45) is 1.10. The minimum atomic E-state index is -0.126. The Balaban J connectivity index is 1.46. The topological polar surface area (TPSA) is 51.3 Å². The van der Waals surface area contributed by atoms with E-state index in [2.05, 4.69) is 12.0 Å². The highest BCUT2D eigenvalue weighted by Gasteiger charge is 2.22. The first-order valence-electron chi connectivity index (χ1n) is 10.3. The monoisotopic (exact) mass is 401 g/mol. The zero-order valence-electron chi connectivity index (χ0n) is 17.9. The van der Waals surface area contributed by atoms with Gasteiger partial charge in [-0.25, -0.2) is 4.68 Å². The maximum atomic E-state index is 12.9. The van der Waals surface area contributed by atoms with Crippen LogP contribution >= 0.6 is 0 Å². The van der Waals surface area contributed by atoms with Crippen LogP contribution in [-0.2, 0) is 11.2 Å². The average molecular weight is 402 g/mol. The molecule has 0 unspecified atom stereocenters. The van der Waals surface area contributed by atoms with Gasteiger partial charge >= 0.3 is 0 Å². The molecule has 0 aliphatic carbocycles. The van der Waals surface area contributed by atoms with Gasteiger partial charge in [0.2, 0.25) is 5.91 Å². The Morgan fingerprint density at radius 2 is 1.80 bits per heavy atom. The van der Waals surface area contributed by atoms with Crippen LogP contribution in [0.3, 0.4) is 0 Å². The molecule has 0 fully saturated rings. The molecule has 2 aromatic carbocycles. The third-order valence-electron chi connectivity index (χ3n) is 5.86. The first-order valence-corrected chi connectivity index (χ1v) is 10.3. The molecule has 5 nitrogen and oxygen atoms in total. The van der Waals surface area contributed by atoms with Crippen molar-refractivity contribution in [2.24, 2.45) is 0 Å². The molecule has 0 radical (unpaired) electrons. The number of nitrogens with zero attached hydrogens (tertiary/aromatic N) is 3. The number of amides is 1. The van der Waals surface area contributed by atoms with Crippen molar-refractivity contribution in [1.82, 2.24) is 14.7 Å². The van der Waals surface area contributed by atoms with Crippen molar-refractivity contribution >= 4 is 16.9 Å². The second kappa shape index (κ2) is 8.19. The van der Waals surface area contributed by atoms with Crippen molar-refractivity contribution in [3.63, 3.8) is 0 Å². The molecule has 30 heavy (non-hydrogen) atoms. The number of aryl methyl sites for hydroxylation is 1. The summed E-state index contributed by atoms with van der Waals surface area (Å²) >= 11 is 0. The number of hydrogen-bond donors (Lipinski definition) is 0. The number of benzene rings is 2. The van der Waals surface area contributed by atoms with E-state index >= 15 is 0 Å². The SMILES string of the molecule is Cc1nn(-c2ccccc2)c(C)c1CCC(=O)N(C)[C@H](C)c1cc2ccccc2o1. The van der Waals surface area contributed by atoms with Crippen LogP contribution in [0.25, 0.3) is 16.7 Å². The fourth-order valence-electron chi connectivity index (χ4n) is 3.88. The van der Waals surface area contributed by atoms with Crippen LogP contribution in [-0.4, -0.2) is 27.6 Å². The summed E-state index contributed by atoms with van der Waals surface area (Å²) in [5.41, 5.74) is 5.07. The molecule has 4 aromatic rings. The van der Waals surface area contributed by atoms with Gasteiger partial charge in [0.05, 0.1) is 17.4 Å². The molecule has 4 rings (SSSR count). The largest absolute Gasteiger partial charge is 0.459 e. The average Bonchev–Trinajstić information content (AvgIpc) is 3.32. The number of rotatable bonds is 6. The summed E-state index contributed by atoms with van der Waals surface area (Å²) in [7, 11) is 1.84. The van der Waals surface area contributed by atoms with Crippen LogP contribution in [0.4, 0.5) is 0 Å². The smallest absolute Gasteiger partial charge is 0.223 e. The molecule has 5 heteroatoms. The summed E-state index contributed by atoms with van der Waals surface area (Å²) in [5, 5.41) is 5.74. The number of aromatic nitrogens is 2. The minimum absolute atomic E-state index is 0.0919. The number of fused-ring (bicyclic) bond motifs is 1. The van der Waals surface area contributed by atoms with E-state index in [0.29, 0.717) is 12.8 Å². The van der Waals surface area contributed by atoms with Gasteiger partial charge in [-0.1, -0.05) is 36.4 Å². The lowest BCUT2D eigenvalue weighted by Gasteiger charge is -2.23. The first kappa shape index (κ1) is 20.0. The Bertz CT molecular complexity index is 1140. The molecule has 0 bridgehead atoms. The molecule has 154 valence electrons. The molecular weight excluding hydrogens is 374 g/mol. The molecule has 2 aromatic heterocycles. The predicted molar refractivity (Wildman–Crippen MR) is 119 cm³/mol. The molecule has 1 amide bonds. The van der Waals surface area contributed by atoms with Gasteiger partial charge in [0.25, 0.3) is 0 Å². The van der Waals surface area contributed by atoms with Gasteiger partial charge in [0, 0.05) is 24.5 Å². The zero-order chi connectivity index (χ0) is 21.3. The van der Waals surface area contributed by atoms with Crippen LogP contribution in [0, 0.1) is 13.8 Å². The Kier molecular flexibility index (Phi) is 5.44. The molecule has 1 atom stereocenters. The fraction of sp³-hybridized carbons (Fsp3) is 0.280. The van der Waals surface area contributed by atoms with Crippen LogP contribution in [0.5, 0.6) is 0 Å². The summed E-state index contributed by atoms with van der Waals surface area (Å²) < 4.78 is 7.90.